The molecular formula is C23H22FN7. The first-order valence-electron chi connectivity index (χ1n) is 10.2. The number of rotatable bonds is 4. The molecule has 0 aliphatic carbocycles. The minimum atomic E-state index is -0.172. The number of benzene rings is 2. The second kappa shape index (κ2) is 8.14. The summed E-state index contributed by atoms with van der Waals surface area (Å²) in [6, 6.07) is 13.2. The van der Waals surface area contributed by atoms with Crippen molar-refractivity contribution in [2.75, 3.05) is 48.3 Å². The Morgan fingerprint density at radius 2 is 1.74 bits per heavy atom. The molecule has 1 aliphatic rings. The predicted octanol–water partition coefficient (Wildman–Crippen LogP) is 3.59. The van der Waals surface area contributed by atoms with Crippen molar-refractivity contribution in [3.05, 3.63) is 66.9 Å². The first-order chi connectivity index (χ1) is 15.2. The van der Waals surface area contributed by atoms with E-state index in [2.05, 4.69) is 42.2 Å². The molecule has 2 aromatic heterocycles. The lowest BCUT2D eigenvalue weighted by Gasteiger charge is -2.37. The Morgan fingerprint density at radius 1 is 0.935 bits per heavy atom. The Bertz CT molecular complexity index is 1210. The van der Waals surface area contributed by atoms with E-state index in [1.54, 1.807) is 24.7 Å². The van der Waals surface area contributed by atoms with E-state index < -0.39 is 0 Å². The molecule has 0 saturated carbocycles. The summed E-state index contributed by atoms with van der Waals surface area (Å²) >= 11 is 0. The molecule has 1 fully saturated rings. The zero-order chi connectivity index (χ0) is 21.2. The SMILES string of the molecule is CNc1nc(-c2cnccn2)nc2cc(N3CCN(c4ccccc4F)CC3)ccc12. The standard InChI is InChI=1S/C23H22FN7/c1-25-22-17-7-6-16(14-19(17)28-23(29-22)20-15-26-8-9-27-20)30-10-12-31(13-11-30)21-5-3-2-4-18(21)24/h2-9,14-15H,10-13H2,1H3,(H,25,28,29). The third kappa shape index (κ3) is 3.72. The van der Waals surface area contributed by atoms with E-state index in [1.165, 1.54) is 6.07 Å². The first-order valence-corrected chi connectivity index (χ1v) is 10.2. The summed E-state index contributed by atoms with van der Waals surface area (Å²) in [7, 11) is 1.85. The third-order valence-electron chi connectivity index (χ3n) is 5.55. The van der Waals surface area contributed by atoms with Crippen LogP contribution in [0.1, 0.15) is 0 Å². The average Bonchev–Trinajstić information content (AvgIpc) is 2.84. The number of para-hydroxylation sites is 1. The van der Waals surface area contributed by atoms with Crippen LogP contribution in [0.3, 0.4) is 0 Å². The monoisotopic (exact) mass is 415 g/mol. The van der Waals surface area contributed by atoms with Gasteiger partial charge >= 0.3 is 0 Å². The van der Waals surface area contributed by atoms with Gasteiger partial charge in [-0.25, -0.2) is 19.3 Å². The normalized spacial score (nSPS) is 14.1. The Kier molecular flexibility index (Phi) is 5.03. The number of hydrogen-bond acceptors (Lipinski definition) is 7. The zero-order valence-corrected chi connectivity index (χ0v) is 17.2. The van der Waals surface area contributed by atoms with Crippen LogP contribution in [-0.4, -0.2) is 53.2 Å². The summed E-state index contributed by atoms with van der Waals surface area (Å²) in [5.41, 5.74) is 3.23. The Hall–Kier alpha value is -3.81. The second-order valence-electron chi connectivity index (χ2n) is 7.36. The molecule has 8 heteroatoms. The zero-order valence-electron chi connectivity index (χ0n) is 17.2. The molecule has 0 bridgehead atoms. The maximum atomic E-state index is 14.1. The number of aromatic nitrogens is 4. The van der Waals surface area contributed by atoms with Crippen LogP contribution in [0.2, 0.25) is 0 Å². The molecule has 0 unspecified atom stereocenters. The quantitative estimate of drug-likeness (QED) is 0.546. The summed E-state index contributed by atoms with van der Waals surface area (Å²) in [5, 5.41) is 4.10. The van der Waals surface area contributed by atoms with Crippen LogP contribution < -0.4 is 15.1 Å². The Morgan fingerprint density at radius 3 is 2.48 bits per heavy atom. The van der Waals surface area contributed by atoms with Crippen LogP contribution in [0.25, 0.3) is 22.4 Å². The Labute approximate surface area is 179 Å². The van der Waals surface area contributed by atoms with Gasteiger partial charge in [0.1, 0.15) is 17.3 Å². The van der Waals surface area contributed by atoms with E-state index in [1.807, 2.05) is 25.2 Å². The third-order valence-corrected chi connectivity index (χ3v) is 5.55. The first kappa shape index (κ1) is 19.2. The lowest BCUT2D eigenvalue weighted by molar-refractivity contribution is 0.598. The van der Waals surface area contributed by atoms with Gasteiger partial charge in [0.15, 0.2) is 5.82 Å². The molecule has 1 saturated heterocycles. The van der Waals surface area contributed by atoms with Crippen LogP contribution in [0.15, 0.2) is 61.1 Å². The van der Waals surface area contributed by atoms with Crippen molar-refractivity contribution in [3.63, 3.8) is 0 Å². The minimum Gasteiger partial charge on any atom is -0.373 e. The smallest absolute Gasteiger partial charge is 0.182 e. The molecule has 31 heavy (non-hydrogen) atoms. The average molecular weight is 415 g/mol. The summed E-state index contributed by atoms with van der Waals surface area (Å²) in [5.74, 6) is 1.11. The molecule has 0 amide bonds. The van der Waals surface area contributed by atoms with E-state index in [-0.39, 0.29) is 5.82 Å². The maximum Gasteiger partial charge on any atom is 0.182 e. The second-order valence-corrected chi connectivity index (χ2v) is 7.36. The number of nitrogens with zero attached hydrogens (tertiary/aromatic N) is 6. The van der Waals surface area contributed by atoms with Crippen LogP contribution in [0.5, 0.6) is 0 Å². The fourth-order valence-electron chi connectivity index (χ4n) is 3.95. The number of hydrogen-bond donors (Lipinski definition) is 1. The summed E-state index contributed by atoms with van der Waals surface area (Å²) < 4.78 is 14.1. The van der Waals surface area contributed by atoms with Gasteiger partial charge in [0.2, 0.25) is 0 Å². The van der Waals surface area contributed by atoms with Crippen molar-refractivity contribution in [2.24, 2.45) is 0 Å². The number of anilines is 3. The van der Waals surface area contributed by atoms with Crippen LogP contribution in [-0.2, 0) is 0 Å². The molecule has 3 heterocycles. The lowest BCUT2D eigenvalue weighted by atomic mass is 10.1. The predicted molar refractivity (Wildman–Crippen MR) is 121 cm³/mol. The van der Waals surface area contributed by atoms with E-state index in [0.717, 1.165) is 48.6 Å². The number of piperazine rings is 1. The molecule has 1 aliphatic heterocycles. The van der Waals surface area contributed by atoms with Gasteiger partial charge in [-0.2, -0.15) is 0 Å². The van der Waals surface area contributed by atoms with Crippen molar-refractivity contribution >= 4 is 28.1 Å². The molecule has 1 N–H and O–H groups in total. The van der Waals surface area contributed by atoms with Gasteiger partial charge in [-0.05, 0) is 30.3 Å². The number of halogens is 1. The van der Waals surface area contributed by atoms with Crippen LogP contribution in [0.4, 0.5) is 21.6 Å². The molecule has 0 atom stereocenters. The van der Waals surface area contributed by atoms with Gasteiger partial charge in [-0.15, -0.1) is 0 Å². The number of nitrogens with one attached hydrogen (secondary N) is 1. The van der Waals surface area contributed by atoms with Crippen LogP contribution in [0, 0.1) is 5.82 Å². The molecule has 156 valence electrons. The summed E-state index contributed by atoms with van der Waals surface area (Å²) in [4.78, 5) is 22.2. The lowest BCUT2D eigenvalue weighted by Crippen LogP contribution is -2.46. The van der Waals surface area contributed by atoms with Gasteiger partial charge in [0.05, 0.1) is 17.4 Å². The van der Waals surface area contributed by atoms with E-state index >= 15 is 0 Å². The number of fused-ring (bicyclic) bond motifs is 1. The molecule has 5 rings (SSSR count). The highest BCUT2D eigenvalue weighted by atomic mass is 19.1. The topological polar surface area (TPSA) is 70.1 Å². The van der Waals surface area contributed by atoms with E-state index in [4.69, 9.17) is 4.98 Å². The fourth-order valence-corrected chi connectivity index (χ4v) is 3.95. The molecular weight excluding hydrogens is 393 g/mol. The molecule has 2 aromatic carbocycles. The molecule has 7 nitrogen and oxygen atoms in total. The van der Waals surface area contributed by atoms with E-state index in [0.29, 0.717) is 17.2 Å². The van der Waals surface area contributed by atoms with Crippen molar-refractivity contribution in [3.8, 4) is 11.5 Å². The minimum absolute atomic E-state index is 0.172. The molecule has 4 aromatic rings. The van der Waals surface area contributed by atoms with Gasteiger partial charge < -0.3 is 15.1 Å². The van der Waals surface area contributed by atoms with Gasteiger partial charge in [0, 0.05) is 56.7 Å². The summed E-state index contributed by atoms with van der Waals surface area (Å²) in [6.07, 6.45) is 4.92. The van der Waals surface area contributed by atoms with Crippen molar-refractivity contribution in [1.82, 2.24) is 19.9 Å². The largest absolute Gasteiger partial charge is 0.373 e. The van der Waals surface area contributed by atoms with E-state index in [9.17, 15) is 4.39 Å². The Balaban J connectivity index is 1.43. The van der Waals surface area contributed by atoms with Gasteiger partial charge in [0.25, 0.3) is 0 Å². The van der Waals surface area contributed by atoms with Gasteiger partial charge in [-0.1, -0.05) is 12.1 Å². The highest BCUT2D eigenvalue weighted by Gasteiger charge is 2.20. The van der Waals surface area contributed by atoms with Crippen molar-refractivity contribution in [1.29, 1.82) is 0 Å². The van der Waals surface area contributed by atoms with Gasteiger partial charge in [-0.3, -0.25) is 4.98 Å². The molecule has 0 radical (unpaired) electrons. The van der Waals surface area contributed by atoms with Crippen molar-refractivity contribution < 1.29 is 4.39 Å². The highest BCUT2D eigenvalue weighted by molar-refractivity contribution is 5.92. The van der Waals surface area contributed by atoms with Crippen molar-refractivity contribution in [2.45, 2.75) is 0 Å². The highest BCUT2D eigenvalue weighted by Crippen LogP contribution is 2.29. The maximum absolute atomic E-state index is 14.1. The molecule has 0 spiro atoms. The van der Waals surface area contributed by atoms with Crippen LogP contribution >= 0.6 is 0 Å². The summed E-state index contributed by atoms with van der Waals surface area (Å²) in [6.45, 7) is 3.13. The fraction of sp³-hybridized carbons (Fsp3) is 0.217.